The molecule has 0 saturated heterocycles. The van der Waals surface area contributed by atoms with Gasteiger partial charge in [-0.05, 0) is 0 Å². The number of halogens is 3. The molecular weight excluding hydrogens is 192 g/mol. The molecule has 1 N–H and O–H groups in total. The predicted octanol–water partition coefficient (Wildman–Crippen LogP) is 0.614. The quantitative estimate of drug-likeness (QED) is 0.615. The van der Waals surface area contributed by atoms with Crippen LogP contribution in [0.2, 0.25) is 0 Å². The minimum absolute atomic E-state index is 0. The topological polar surface area (TPSA) is 46.0 Å². The summed E-state index contributed by atoms with van der Waals surface area (Å²) >= 11 is 0.103. The van der Waals surface area contributed by atoms with Crippen molar-refractivity contribution in [2.45, 2.75) is 6.18 Å². The van der Waals surface area contributed by atoms with Gasteiger partial charge in [-0.1, -0.05) is 16.4 Å². The fraction of sp³-hybridized carbons (Fsp3) is 0.333. The number of aromatic hydroxyl groups is 1. The molecule has 1 rings (SSSR count). The molecule has 0 aromatic carbocycles. The fourth-order valence-electron chi connectivity index (χ4n) is 0.330. The molecule has 8 heteroatoms. The van der Waals surface area contributed by atoms with Gasteiger partial charge >= 0.3 is 35.7 Å². The van der Waals surface area contributed by atoms with Crippen molar-refractivity contribution in [1.29, 1.82) is 0 Å². The van der Waals surface area contributed by atoms with E-state index in [9.17, 15) is 13.2 Å². The van der Waals surface area contributed by atoms with Gasteiger partial charge in [0.25, 0.3) is 5.19 Å². The zero-order valence-electron chi connectivity index (χ0n) is 4.38. The Morgan fingerprint density at radius 1 is 1.27 bits per heavy atom. The molecule has 0 unspecified atom stereocenters. The van der Waals surface area contributed by atoms with Gasteiger partial charge in [-0.3, -0.25) is 0 Å². The van der Waals surface area contributed by atoms with Crippen molar-refractivity contribution in [1.82, 2.24) is 10.2 Å². The van der Waals surface area contributed by atoms with Gasteiger partial charge in [0, 0.05) is 0 Å². The third kappa shape index (κ3) is 2.94. The van der Waals surface area contributed by atoms with Crippen LogP contribution in [0.5, 0.6) is 5.19 Å². The van der Waals surface area contributed by atoms with Crippen molar-refractivity contribution in [3.8, 4) is 5.19 Å². The van der Waals surface area contributed by atoms with Gasteiger partial charge in [-0.2, -0.15) is 13.2 Å². The summed E-state index contributed by atoms with van der Waals surface area (Å²) in [7, 11) is 0. The van der Waals surface area contributed by atoms with Crippen LogP contribution in [0.4, 0.5) is 13.2 Å². The van der Waals surface area contributed by atoms with Gasteiger partial charge in [0.15, 0.2) is 0 Å². The predicted molar refractivity (Wildman–Crippen MR) is 33.7 cm³/mol. The maximum absolute atomic E-state index is 11.6. The van der Waals surface area contributed by atoms with E-state index in [0.717, 1.165) is 0 Å². The number of alkyl halides is 3. The van der Waals surface area contributed by atoms with E-state index in [1.54, 1.807) is 0 Å². The van der Waals surface area contributed by atoms with Crippen LogP contribution >= 0.6 is 11.3 Å². The van der Waals surface area contributed by atoms with Gasteiger partial charge in [-0.15, -0.1) is 5.10 Å². The van der Waals surface area contributed by atoms with E-state index >= 15 is 0 Å². The van der Waals surface area contributed by atoms with Crippen LogP contribution in [-0.4, -0.2) is 44.9 Å². The van der Waals surface area contributed by atoms with Gasteiger partial charge in [0.1, 0.15) is 0 Å². The summed E-state index contributed by atoms with van der Waals surface area (Å²) in [6, 6.07) is 0. The third-order valence-corrected chi connectivity index (χ3v) is 1.43. The van der Waals surface area contributed by atoms with Gasteiger partial charge in [-0.25, -0.2) is 0 Å². The Bertz CT molecular complexity index is 237. The van der Waals surface area contributed by atoms with Gasteiger partial charge in [0.05, 0.1) is 0 Å². The van der Waals surface area contributed by atoms with Crippen molar-refractivity contribution in [3.63, 3.8) is 0 Å². The summed E-state index contributed by atoms with van der Waals surface area (Å²) < 4.78 is 34.8. The molecule has 0 aliphatic heterocycles. The first-order valence-electron chi connectivity index (χ1n) is 2.10. The Hall–Kier alpha value is 0.150. The van der Waals surface area contributed by atoms with Crippen LogP contribution in [0.25, 0.3) is 0 Å². The Kier molecular flexibility index (Phi) is 3.75. The minimum atomic E-state index is -4.50. The average molecular weight is 194 g/mol. The number of hydrogen-bond acceptors (Lipinski definition) is 4. The summed E-state index contributed by atoms with van der Waals surface area (Å²) in [5.41, 5.74) is 0. The van der Waals surface area contributed by atoms with E-state index < -0.39 is 16.4 Å². The van der Waals surface area contributed by atoms with Crippen molar-refractivity contribution >= 4 is 40.9 Å². The van der Waals surface area contributed by atoms with E-state index in [4.69, 9.17) is 5.11 Å². The van der Waals surface area contributed by atoms with Gasteiger partial charge < -0.3 is 5.11 Å². The molecule has 3 nitrogen and oxygen atoms in total. The summed E-state index contributed by atoms with van der Waals surface area (Å²) in [5, 5.41) is 12.0. The summed E-state index contributed by atoms with van der Waals surface area (Å²) in [4.78, 5) is 0. The number of hydrogen-bond donors (Lipinski definition) is 1. The maximum atomic E-state index is 11.6. The molecule has 1 aromatic rings. The molecule has 11 heavy (non-hydrogen) atoms. The van der Waals surface area contributed by atoms with E-state index in [-0.39, 0.29) is 40.9 Å². The molecule has 0 spiro atoms. The van der Waals surface area contributed by atoms with Crippen molar-refractivity contribution in [2.75, 3.05) is 0 Å². The fourth-order valence-corrected chi connectivity index (χ4v) is 0.782. The first kappa shape index (κ1) is 11.2. The molecule has 0 bridgehead atoms. The van der Waals surface area contributed by atoms with E-state index in [0.29, 0.717) is 0 Å². The monoisotopic (exact) mass is 194 g/mol. The Morgan fingerprint density at radius 3 is 2.00 bits per heavy atom. The second kappa shape index (κ2) is 3.70. The molecule has 1 heterocycles. The molecule has 0 amide bonds. The summed E-state index contributed by atoms with van der Waals surface area (Å²) in [5.74, 6) is 0. The van der Waals surface area contributed by atoms with Crippen LogP contribution in [0.15, 0.2) is 0 Å². The molecule has 0 atom stereocenters. The zero-order chi connectivity index (χ0) is 7.78. The van der Waals surface area contributed by atoms with Crippen LogP contribution in [0.3, 0.4) is 0 Å². The number of nitrogens with zero attached hydrogens (tertiary/aromatic N) is 2. The van der Waals surface area contributed by atoms with Gasteiger partial charge in [0.2, 0.25) is 5.01 Å². The molecule has 0 aliphatic rings. The Morgan fingerprint density at radius 2 is 1.82 bits per heavy atom. The third-order valence-electron chi connectivity index (χ3n) is 0.657. The van der Waals surface area contributed by atoms with Crippen molar-refractivity contribution in [2.24, 2.45) is 0 Å². The molecule has 58 valence electrons. The standard InChI is InChI=1S/C3HF3N2OS.Na.H/c4-3(5,6)1-7-8-2(9)10-1;;/h(H,8,9);;. The second-order valence-corrected chi connectivity index (χ2v) is 2.34. The SMILES string of the molecule is Oc1nnc(C(F)(F)F)s1.[NaH]. The normalized spacial score (nSPS) is 10.8. The zero-order valence-corrected chi connectivity index (χ0v) is 5.20. The number of aromatic nitrogens is 2. The summed E-state index contributed by atoms with van der Waals surface area (Å²) in [6.45, 7) is 0. The molecular formula is C3H2F3N2NaOS. The van der Waals surface area contributed by atoms with Crippen LogP contribution < -0.4 is 0 Å². The van der Waals surface area contributed by atoms with Crippen molar-refractivity contribution in [3.05, 3.63) is 5.01 Å². The first-order chi connectivity index (χ1) is 4.50. The van der Waals surface area contributed by atoms with Crippen LogP contribution in [0.1, 0.15) is 5.01 Å². The van der Waals surface area contributed by atoms with E-state index in [1.807, 2.05) is 0 Å². The Balaban J connectivity index is 0.000001000. The second-order valence-electron chi connectivity index (χ2n) is 1.39. The molecule has 0 saturated carbocycles. The molecule has 0 fully saturated rings. The van der Waals surface area contributed by atoms with Crippen LogP contribution in [0, 0.1) is 0 Å². The Labute approximate surface area is 85.5 Å². The van der Waals surface area contributed by atoms with Crippen LogP contribution in [-0.2, 0) is 6.18 Å². The molecule has 0 aliphatic carbocycles. The van der Waals surface area contributed by atoms with E-state index in [1.165, 1.54) is 0 Å². The van der Waals surface area contributed by atoms with E-state index in [2.05, 4.69) is 10.2 Å². The molecule has 1 aromatic heterocycles. The summed E-state index contributed by atoms with van der Waals surface area (Å²) in [6.07, 6.45) is -4.50. The molecule has 0 radical (unpaired) electrons. The first-order valence-corrected chi connectivity index (χ1v) is 2.91. The average Bonchev–Trinajstić information content (AvgIpc) is 2.11. The number of rotatable bonds is 0. The van der Waals surface area contributed by atoms with Crippen molar-refractivity contribution < 1.29 is 18.3 Å².